The number of aryl methyl sites for hydroxylation is 1. The van der Waals surface area contributed by atoms with Crippen molar-refractivity contribution in [1.29, 1.82) is 0 Å². The molecule has 35 heavy (non-hydrogen) atoms. The molecule has 0 fully saturated rings. The van der Waals surface area contributed by atoms with Crippen LogP contribution in [0.2, 0.25) is 5.02 Å². The minimum Gasteiger partial charge on any atom is -0.497 e. The second kappa shape index (κ2) is 9.47. The molecule has 6 nitrogen and oxygen atoms in total. The largest absolute Gasteiger partial charge is 0.497 e. The van der Waals surface area contributed by atoms with Gasteiger partial charge in [-0.05, 0) is 41.8 Å². The Labute approximate surface area is 209 Å². The smallest absolute Gasteiger partial charge is 0.272 e. The Morgan fingerprint density at radius 3 is 2.49 bits per heavy atom. The van der Waals surface area contributed by atoms with E-state index in [2.05, 4.69) is 5.32 Å². The number of methoxy groups -OCH3 is 1. The minimum absolute atomic E-state index is 0.0406. The summed E-state index contributed by atoms with van der Waals surface area (Å²) >= 11 is 6.23. The first kappa shape index (κ1) is 23.0. The van der Waals surface area contributed by atoms with E-state index >= 15 is 0 Å². The Morgan fingerprint density at radius 1 is 1.03 bits per heavy atom. The summed E-state index contributed by atoms with van der Waals surface area (Å²) in [6, 6.07) is 22.9. The van der Waals surface area contributed by atoms with Crippen LogP contribution in [0.5, 0.6) is 5.75 Å². The van der Waals surface area contributed by atoms with E-state index in [9.17, 15) is 9.59 Å². The standard InChI is InChI=1S/C28H26ClN3O3/c1-31-23-10-6-4-8-21(23)25-26(19-11-13-20(35-2)14-12-19)32(28(34)27(25)31)17-24(33)30-16-15-18-7-3-5-9-22(18)29/h3-14,26H,15-17H2,1-2H3,(H,30,33)/t26-/m0/s1. The van der Waals surface area contributed by atoms with Gasteiger partial charge < -0.3 is 19.5 Å². The van der Waals surface area contributed by atoms with Crippen molar-refractivity contribution in [2.45, 2.75) is 12.5 Å². The zero-order chi connectivity index (χ0) is 24.5. The van der Waals surface area contributed by atoms with Gasteiger partial charge in [-0.2, -0.15) is 0 Å². The number of hydrogen-bond donors (Lipinski definition) is 1. The van der Waals surface area contributed by atoms with Gasteiger partial charge in [-0.1, -0.05) is 60.1 Å². The van der Waals surface area contributed by atoms with Crippen LogP contribution in [-0.2, 0) is 18.3 Å². The molecular weight excluding hydrogens is 462 g/mol. The monoisotopic (exact) mass is 487 g/mol. The van der Waals surface area contributed by atoms with Gasteiger partial charge in [-0.3, -0.25) is 9.59 Å². The zero-order valence-electron chi connectivity index (χ0n) is 19.6. The fraction of sp³-hybridized carbons (Fsp3) is 0.214. The third-order valence-electron chi connectivity index (χ3n) is 6.61. The minimum atomic E-state index is -0.371. The summed E-state index contributed by atoms with van der Waals surface area (Å²) in [5.41, 5.74) is 4.45. The summed E-state index contributed by atoms with van der Waals surface area (Å²) < 4.78 is 7.25. The van der Waals surface area contributed by atoms with Gasteiger partial charge in [0.15, 0.2) is 0 Å². The van der Waals surface area contributed by atoms with Crippen LogP contribution in [0.15, 0.2) is 72.8 Å². The number of ether oxygens (including phenoxy) is 1. The lowest BCUT2D eigenvalue weighted by Crippen LogP contribution is -2.40. The van der Waals surface area contributed by atoms with Gasteiger partial charge in [0.25, 0.3) is 5.91 Å². The number of aromatic nitrogens is 1. The third-order valence-corrected chi connectivity index (χ3v) is 6.98. The number of carbonyl (C=O) groups is 2. The lowest BCUT2D eigenvalue weighted by atomic mass is 9.98. The van der Waals surface area contributed by atoms with E-state index in [1.165, 1.54) is 0 Å². The number of nitrogens with zero attached hydrogens (tertiary/aromatic N) is 2. The summed E-state index contributed by atoms with van der Waals surface area (Å²) in [6.45, 7) is 0.398. The van der Waals surface area contributed by atoms with Crippen LogP contribution in [0.3, 0.4) is 0 Å². The summed E-state index contributed by atoms with van der Waals surface area (Å²) in [5, 5.41) is 4.64. The van der Waals surface area contributed by atoms with E-state index in [-0.39, 0.29) is 24.4 Å². The van der Waals surface area contributed by atoms with Gasteiger partial charge in [0.05, 0.1) is 13.2 Å². The maximum atomic E-state index is 13.7. The third kappa shape index (κ3) is 4.15. The molecule has 0 radical (unpaired) electrons. The van der Waals surface area contributed by atoms with Crippen LogP contribution in [0, 0.1) is 0 Å². The average molecular weight is 488 g/mol. The molecule has 0 bridgehead atoms. The summed E-state index contributed by atoms with van der Waals surface area (Å²) in [6.07, 6.45) is 0.617. The molecule has 5 rings (SSSR count). The van der Waals surface area contributed by atoms with Crippen LogP contribution in [0.25, 0.3) is 10.9 Å². The molecule has 1 atom stereocenters. The van der Waals surface area contributed by atoms with Crippen molar-refractivity contribution in [3.63, 3.8) is 0 Å². The molecule has 1 N–H and O–H groups in total. The fourth-order valence-corrected chi connectivity index (χ4v) is 5.14. The van der Waals surface area contributed by atoms with Gasteiger partial charge in [0, 0.05) is 35.1 Å². The molecule has 7 heteroatoms. The molecule has 3 aromatic carbocycles. The van der Waals surface area contributed by atoms with E-state index in [0.29, 0.717) is 23.7 Å². The van der Waals surface area contributed by atoms with Crippen molar-refractivity contribution >= 4 is 34.3 Å². The quantitative estimate of drug-likeness (QED) is 0.409. The van der Waals surface area contributed by atoms with Crippen molar-refractivity contribution in [3.05, 3.63) is 100 Å². The van der Waals surface area contributed by atoms with Crippen LogP contribution < -0.4 is 10.1 Å². The highest BCUT2D eigenvalue weighted by molar-refractivity contribution is 6.31. The van der Waals surface area contributed by atoms with E-state index in [1.54, 1.807) is 12.0 Å². The number of amides is 2. The van der Waals surface area contributed by atoms with Gasteiger partial charge in [-0.15, -0.1) is 0 Å². The maximum Gasteiger partial charge on any atom is 0.272 e. The molecule has 1 aromatic heterocycles. The number of nitrogens with one attached hydrogen (secondary N) is 1. The number of halogens is 1. The second-order valence-electron chi connectivity index (χ2n) is 8.64. The molecule has 2 amide bonds. The number of rotatable bonds is 7. The first-order valence-corrected chi connectivity index (χ1v) is 11.9. The predicted molar refractivity (Wildman–Crippen MR) is 137 cm³/mol. The highest BCUT2D eigenvalue weighted by Crippen LogP contribution is 2.43. The zero-order valence-corrected chi connectivity index (χ0v) is 20.4. The Morgan fingerprint density at radius 2 is 1.74 bits per heavy atom. The van der Waals surface area contributed by atoms with Crippen molar-refractivity contribution < 1.29 is 14.3 Å². The van der Waals surface area contributed by atoms with Crippen LogP contribution in [-0.4, -0.2) is 41.5 Å². The van der Waals surface area contributed by atoms with E-state index in [4.69, 9.17) is 16.3 Å². The van der Waals surface area contributed by atoms with Crippen LogP contribution in [0.4, 0.5) is 0 Å². The van der Waals surface area contributed by atoms with Gasteiger partial charge in [0.1, 0.15) is 18.0 Å². The van der Waals surface area contributed by atoms with Crippen molar-refractivity contribution in [2.24, 2.45) is 7.05 Å². The Bertz CT molecular complexity index is 1410. The molecule has 0 saturated heterocycles. The summed E-state index contributed by atoms with van der Waals surface area (Å²) in [7, 11) is 3.52. The second-order valence-corrected chi connectivity index (χ2v) is 9.05. The van der Waals surface area contributed by atoms with Gasteiger partial charge in [0.2, 0.25) is 5.91 Å². The van der Waals surface area contributed by atoms with Gasteiger partial charge in [-0.25, -0.2) is 0 Å². The van der Waals surface area contributed by atoms with Crippen molar-refractivity contribution in [1.82, 2.24) is 14.8 Å². The van der Waals surface area contributed by atoms with Crippen LogP contribution in [0.1, 0.15) is 33.2 Å². The number of benzene rings is 3. The van der Waals surface area contributed by atoms with Crippen molar-refractivity contribution in [3.8, 4) is 5.75 Å². The maximum absolute atomic E-state index is 13.7. The highest BCUT2D eigenvalue weighted by Gasteiger charge is 2.42. The molecule has 0 aliphatic carbocycles. The lowest BCUT2D eigenvalue weighted by molar-refractivity contribution is -0.122. The molecule has 0 unspecified atom stereocenters. The molecular formula is C28H26ClN3O3. The van der Waals surface area contributed by atoms with E-state index in [0.717, 1.165) is 33.3 Å². The summed E-state index contributed by atoms with van der Waals surface area (Å²) in [5.74, 6) is 0.377. The Balaban J connectivity index is 1.43. The molecule has 178 valence electrons. The number of fused-ring (bicyclic) bond motifs is 3. The van der Waals surface area contributed by atoms with Crippen LogP contribution >= 0.6 is 11.6 Å². The SMILES string of the molecule is COc1ccc([C@H]2c3c(n(C)c4ccccc34)C(=O)N2CC(=O)NCCc2ccccc2Cl)cc1. The first-order chi connectivity index (χ1) is 17.0. The molecule has 0 spiro atoms. The Kier molecular flexibility index (Phi) is 6.22. The molecule has 2 heterocycles. The molecule has 0 saturated carbocycles. The predicted octanol–water partition coefficient (Wildman–Crippen LogP) is 4.74. The Hall–Kier alpha value is -3.77. The number of para-hydroxylation sites is 1. The van der Waals surface area contributed by atoms with Crippen molar-refractivity contribution in [2.75, 3.05) is 20.2 Å². The normalized spacial score (nSPS) is 14.9. The lowest BCUT2D eigenvalue weighted by Gasteiger charge is -2.26. The topological polar surface area (TPSA) is 63.6 Å². The van der Waals surface area contributed by atoms with E-state index < -0.39 is 0 Å². The van der Waals surface area contributed by atoms with E-state index in [1.807, 2.05) is 84.4 Å². The highest BCUT2D eigenvalue weighted by atomic mass is 35.5. The number of carbonyl (C=O) groups excluding carboxylic acids is 2. The number of hydrogen-bond acceptors (Lipinski definition) is 3. The van der Waals surface area contributed by atoms with Gasteiger partial charge >= 0.3 is 0 Å². The molecule has 4 aromatic rings. The first-order valence-electron chi connectivity index (χ1n) is 11.5. The molecule has 1 aliphatic heterocycles. The fourth-order valence-electron chi connectivity index (χ4n) is 4.91. The molecule has 1 aliphatic rings. The summed E-state index contributed by atoms with van der Waals surface area (Å²) in [4.78, 5) is 28.3. The average Bonchev–Trinajstić information content (AvgIpc) is 3.32.